The highest BCUT2D eigenvalue weighted by molar-refractivity contribution is 7.18. The van der Waals surface area contributed by atoms with E-state index in [9.17, 15) is 0 Å². The molecular formula is C18H16N4S2. The van der Waals surface area contributed by atoms with Crippen molar-refractivity contribution in [3.8, 4) is 0 Å². The maximum absolute atomic E-state index is 4.51. The monoisotopic (exact) mass is 352 g/mol. The van der Waals surface area contributed by atoms with Crippen LogP contribution in [0.4, 0.5) is 5.82 Å². The fourth-order valence-corrected chi connectivity index (χ4v) is 4.29. The van der Waals surface area contributed by atoms with Gasteiger partial charge in [-0.1, -0.05) is 37.3 Å². The summed E-state index contributed by atoms with van der Waals surface area (Å²) in [6, 6.07) is 12.5. The molecule has 6 heteroatoms. The number of thiophene rings is 1. The highest BCUT2D eigenvalue weighted by atomic mass is 32.1. The quantitative estimate of drug-likeness (QED) is 0.554. The van der Waals surface area contributed by atoms with Crippen LogP contribution < -0.4 is 5.32 Å². The van der Waals surface area contributed by atoms with Gasteiger partial charge < -0.3 is 5.32 Å². The second-order valence-electron chi connectivity index (χ2n) is 5.37. The molecule has 0 aliphatic carbocycles. The molecule has 3 aromatic heterocycles. The molecule has 0 saturated carbocycles. The fraction of sp³-hybridized carbons (Fsp3) is 0.167. The predicted octanol–water partition coefficient (Wildman–Crippen LogP) is 4.91. The minimum atomic E-state index is -0.0192. The summed E-state index contributed by atoms with van der Waals surface area (Å²) in [7, 11) is 0. The number of thiazole rings is 1. The van der Waals surface area contributed by atoms with Gasteiger partial charge in [-0.3, -0.25) is 0 Å². The maximum atomic E-state index is 4.51. The van der Waals surface area contributed by atoms with Gasteiger partial charge >= 0.3 is 0 Å². The van der Waals surface area contributed by atoms with Crippen LogP contribution in [0.15, 0.2) is 54.3 Å². The van der Waals surface area contributed by atoms with Crippen LogP contribution in [-0.4, -0.2) is 15.0 Å². The van der Waals surface area contributed by atoms with Gasteiger partial charge in [-0.2, -0.15) is 0 Å². The minimum absolute atomic E-state index is 0.0192. The van der Waals surface area contributed by atoms with Crippen LogP contribution in [0.2, 0.25) is 0 Å². The molecular weight excluding hydrogens is 336 g/mol. The van der Waals surface area contributed by atoms with Crippen LogP contribution in [0.1, 0.15) is 28.4 Å². The van der Waals surface area contributed by atoms with Gasteiger partial charge in [0.25, 0.3) is 0 Å². The zero-order chi connectivity index (χ0) is 16.4. The van der Waals surface area contributed by atoms with E-state index in [2.05, 4.69) is 45.4 Å². The Hall–Kier alpha value is -2.31. The van der Waals surface area contributed by atoms with Gasteiger partial charge in [-0.05, 0) is 18.1 Å². The fourth-order valence-electron chi connectivity index (χ4n) is 2.64. The molecule has 1 N–H and O–H groups in total. The molecule has 120 valence electrons. The summed E-state index contributed by atoms with van der Waals surface area (Å²) in [5.74, 6) is 0.861. The molecule has 4 nitrogen and oxygen atoms in total. The van der Waals surface area contributed by atoms with E-state index in [4.69, 9.17) is 0 Å². The Labute approximate surface area is 148 Å². The molecule has 1 aromatic carbocycles. The van der Waals surface area contributed by atoms with Crippen molar-refractivity contribution < 1.29 is 0 Å². The summed E-state index contributed by atoms with van der Waals surface area (Å²) in [5, 5.41) is 7.69. The van der Waals surface area contributed by atoms with Gasteiger partial charge in [0, 0.05) is 16.5 Å². The third-order valence-corrected chi connectivity index (χ3v) is 5.87. The van der Waals surface area contributed by atoms with Crippen LogP contribution in [0.25, 0.3) is 10.2 Å². The molecule has 3 heterocycles. The molecule has 0 radical (unpaired) electrons. The number of aryl methyl sites for hydroxylation is 1. The Balaban J connectivity index is 1.77. The van der Waals surface area contributed by atoms with Crippen molar-refractivity contribution in [2.75, 3.05) is 5.32 Å². The highest BCUT2D eigenvalue weighted by Gasteiger charge is 2.19. The highest BCUT2D eigenvalue weighted by Crippen LogP contribution is 2.33. The first-order chi connectivity index (χ1) is 11.8. The lowest BCUT2D eigenvalue weighted by Crippen LogP contribution is -2.13. The minimum Gasteiger partial charge on any atom is -0.356 e. The molecule has 1 atom stereocenters. The summed E-state index contributed by atoms with van der Waals surface area (Å²) in [6.45, 7) is 2.16. The van der Waals surface area contributed by atoms with Crippen LogP contribution in [0, 0.1) is 0 Å². The zero-order valence-electron chi connectivity index (χ0n) is 13.1. The Morgan fingerprint density at radius 1 is 1.12 bits per heavy atom. The third-order valence-electron chi connectivity index (χ3n) is 3.84. The van der Waals surface area contributed by atoms with Crippen molar-refractivity contribution in [3.05, 3.63) is 69.8 Å². The van der Waals surface area contributed by atoms with Crippen LogP contribution in [0.5, 0.6) is 0 Å². The van der Waals surface area contributed by atoms with Crippen LogP contribution >= 0.6 is 22.7 Å². The van der Waals surface area contributed by atoms with Crippen molar-refractivity contribution >= 4 is 38.7 Å². The molecule has 0 saturated heterocycles. The van der Waals surface area contributed by atoms with E-state index in [-0.39, 0.29) is 6.04 Å². The predicted molar refractivity (Wildman–Crippen MR) is 101 cm³/mol. The van der Waals surface area contributed by atoms with E-state index in [1.807, 2.05) is 29.8 Å². The molecule has 1 unspecified atom stereocenters. The van der Waals surface area contributed by atoms with E-state index in [1.54, 1.807) is 29.0 Å². The number of benzene rings is 1. The number of nitrogens with one attached hydrogen (secondary N) is 1. The Bertz CT molecular complexity index is 932. The zero-order valence-corrected chi connectivity index (χ0v) is 14.8. The average molecular weight is 352 g/mol. The van der Waals surface area contributed by atoms with Gasteiger partial charge in [0.15, 0.2) is 0 Å². The number of anilines is 1. The molecule has 0 bridgehead atoms. The molecule has 0 spiro atoms. The van der Waals surface area contributed by atoms with Crippen molar-refractivity contribution in [2.24, 2.45) is 0 Å². The summed E-state index contributed by atoms with van der Waals surface area (Å²) in [5.41, 5.74) is 1.17. The van der Waals surface area contributed by atoms with Gasteiger partial charge in [0.1, 0.15) is 28.0 Å². The van der Waals surface area contributed by atoms with Gasteiger partial charge in [-0.15, -0.1) is 22.7 Å². The van der Waals surface area contributed by atoms with E-state index in [1.165, 1.54) is 10.4 Å². The second-order valence-corrected chi connectivity index (χ2v) is 7.41. The largest absolute Gasteiger partial charge is 0.356 e. The molecule has 0 fully saturated rings. The molecule has 0 amide bonds. The van der Waals surface area contributed by atoms with Gasteiger partial charge in [-0.25, -0.2) is 15.0 Å². The summed E-state index contributed by atoms with van der Waals surface area (Å²) in [4.78, 5) is 15.7. The van der Waals surface area contributed by atoms with Crippen LogP contribution in [0.3, 0.4) is 0 Å². The number of hydrogen-bond acceptors (Lipinski definition) is 6. The van der Waals surface area contributed by atoms with Crippen LogP contribution in [-0.2, 0) is 6.42 Å². The lowest BCUT2D eigenvalue weighted by molar-refractivity contribution is 0.911. The SMILES string of the molecule is CCc1cc2c(NC(c3ccccc3)c3nccs3)ncnc2s1. The standard InChI is InChI=1S/C18H16N4S2/c1-2-13-10-14-16(20-11-21-17(14)24-13)22-15(18-19-8-9-23-18)12-6-4-3-5-7-12/h3-11,15H,2H2,1H3,(H,20,21,22). The lowest BCUT2D eigenvalue weighted by Gasteiger charge is -2.18. The number of hydrogen-bond donors (Lipinski definition) is 1. The van der Waals surface area contributed by atoms with E-state index >= 15 is 0 Å². The molecule has 4 aromatic rings. The maximum Gasteiger partial charge on any atom is 0.139 e. The topological polar surface area (TPSA) is 50.7 Å². The number of fused-ring (bicyclic) bond motifs is 1. The van der Waals surface area contributed by atoms with Crippen molar-refractivity contribution in [1.29, 1.82) is 0 Å². The van der Waals surface area contributed by atoms with E-state index in [0.717, 1.165) is 27.5 Å². The van der Waals surface area contributed by atoms with E-state index in [0.29, 0.717) is 0 Å². The smallest absolute Gasteiger partial charge is 0.139 e. The molecule has 4 rings (SSSR count). The molecule has 0 aliphatic rings. The summed E-state index contributed by atoms with van der Waals surface area (Å²) < 4.78 is 0. The van der Waals surface area contributed by atoms with Crippen molar-refractivity contribution in [2.45, 2.75) is 19.4 Å². The second kappa shape index (κ2) is 6.67. The molecule has 24 heavy (non-hydrogen) atoms. The Kier molecular flexibility index (Phi) is 4.23. The first-order valence-corrected chi connectivity index (χ1v) is 9.49. The van der Waals surface area contributed by atoms with E-state index < -0.39 is 0 Å². The van der Waals surface area contributed by atoms with Gasteiger partial charge in [0.2, 0.25) is 0 Å². The Morgan fingerprint density at radius 3 is 2.75 bits per heavy atom. The number of rotatable bonds is 5. The lowest BCUT2D eigenvalue weighted by atomic mass is 10.1. The summed E-state index contributed by atoms with van der Waals surface area (Å²) in [6.07, 6.45) is 4.48. The van der Waals surface area contributed by atoms with Gasteiger partial charge in [0.05, 0.1) is 5.39 Å². The Morgan fingerprint density at radius 2 is 2.00 bits per heavy atom. The number of aromatic nitrogens is 3. The van der Waals surface area contributed by atoms with Crippen molar-refractivity contribution in [3.63, 3.8) is 0 Å². The first-order valence-electron chi connectivity index (χ1n) is 7.79. The molecule has 0 aliphatic heterocycles. The third kappa shape index (κ3) is 2.90. The normalized spacial score (nSPS) is 12.4. The average Bonchev–Trinajstić information content (AvgIpc) is 3.30. The number of nitrogens with zero attached hydrogens (tertiary/aromatic N) is 3. The summed E-state index contributed by atoms with van der Waals surface area (Å²) >= 11 is 3.37. The first kappa shape index (κ1) is 15.2. The van der Waals surface area contributed by atoms with Crippen molar-refractivity contribution in [1.82, 2.24) is 15.0 Å².